The molecule has 0 aromatic heterocycles. The van der Waals surface area contributed by atoms with Crippen molar-refractivity contribution in [3.8, 4) is 0 Å². The molecule has 1 aliphatic carbocycles. The van der Waals surface area contributed by atoms with Crippen molar-refractivity contribution in [2.75, 3.05) is 26.2 Å². The predicted octanol–water partition coefficient (Wildman–Crippen LogP) is 1.66. The number of rotatable bonds is 5. The number of nitrogens with zero attached hydrogens (tertiary/aromatic N) is 1. The van der Waals surface area contributed by atoms with E-state index in [-0.39, 0.29) is 18.3 Å². The fraction of sp³-hybridized carbons (Fsp3) is 1.00. The Kier molecular flexibility index (Phi) is 5.63. The Balaban J connectivity index is 1.67. The van der Waals surface area contributed by atoms with Gasteiger partial charge in [-0.25, -0.2) is 0 Å². The number of aliphatic hydroxyl groups is 1. The summed E-state index contributed by atoms with van der Waals surface area (Å²) in [5.74, 6) is 0.649. The van der Waals surface area contributed by atoms with Crippen molar-refractivity contribution in [1.82, 2.24) is 4.90 Å². The molecule has 2 aliphatic rings. The summed E-state index contributed by atoms with van der Waals surface area (Å²) < 4.78 is 11.6. The molecule has 1 aliphatic heterocycles. The Morgan fingerprint density at radius 1 is 1.21 bits per heavy atom. The summed E-state index contributed by atoms with van der Waals surface area (Å²) in [7, 11) is 0. The lowest BCUT2D eigenvalue weighted by Gasteiger charge is -2.36. The lowest BCUT2D eigenvalue weighted by atomic mass is 10.1. The van der Waals surface area contributed by atoms with Crippen molar-refractivity contribution in [2.45, 2.75) is 64.4 Å². The maximum Gasteiger partial charge on any atom is 0.0900 e. The molecule has 5 atom stereocenters. The summed E-state index contributed by atoms with van der Waals surface area (Å²) in [5.41, 5.74) is 0. The maximum absolute atomic E-state index is 10.1. The van der Waals surface area contributed by atoms with E-state index >= 15 is 0 Å². The molecule has 0 aromatic rings. The van der Waals surface area contributed by atoms with Gasteiger partial charge >= 0.3 is 0 Å². The zero-order chi connectivity index (χ0) is 13.8. The van der Waals surface area contributed by atoms with E-state index in [0.29, 0.717) is 25.2 Å². The molecule has 1 saturated carbocycles. The predicted molar refractivity (Wildman–Crippen MR) is 75.2 cm³/mol. The second-order valence-corrected chi connectivity index (χ2v) is 6.41. The molecule has 5 unspecified atom stereocenters. The van der Waals surface area contributed by atoms with Gasteiger partial charge < -0.3 is 14.6 Å². The fourth-order valence-corrected chi connectivity index (χ4v) is 3.38. The minimum absolute atomic E-state index is 0.256. The van der Waals surface area contributed by atoms with Gasteiger partial charge in [0.1, 0.15) is 0 Å². The molecule has 0 amide bonds. The molecular formula is C15H29NO3. The highest BCUT2D eigenvalue weighted by Crippen LogP contribution is 2.27. The minimum atomic E-state index is -0.384. The molecule has 4 nitrogen and oxygen atoms in total. The van der Waals surface area contributed by atoms with E-state index in [0.717, 1.165) is 19.5 Å². The summed E-state index contributed by atoms with van der Waals surface area (Å²) in [6.45, 7) is 9.39. The van der Waals surface area contributed by atoms with Crippen molar-refractivity contribution in [3.63, 3.8) is 0 Å². The molecular weight excluding hydrogens is 242 g/mol. The van der Waals surface area contributed by atoms with E-state index in [4.69, 9.17) is 9.47 Å². The van der Waals surface area contributed by atoms with Crippen LogP contribution in [-0.2, 0) is 9.47 Å². The van der Waals surface area contributed by atoms with Crippen LogP contribution < -0.4 is 0 Å². The number of β-amino-alcohol motifs (C(OH)–C–C–N with tert-alkyl or cyclic N) is 1. The molecule has 0 bridgehead atoms. The maximum atomic E-state index is 10.1. The molecule has 4 heteroatoms. The first-order valence-corrected chi connectivity index (χ1v) is 7.72. The average molecular weight is 271 g/mol. The zero-order valence-corrected chi connectivity index (χ0v) is 12.5. The summed E-state index contributed by atoms with van der Waals surface area (Å²) in [6.07, 6.45) is 4.17. The van der Waals surface area contributed by atoms with Crippen LogP contribution in [0.4, 0.5) is 0 Å². The molecule has 2 fully saturated rings. The molecule has 112 valence electrons. The first-order chi connectivity index (χ1) is 9.04. The van der Waals surface area contributed by atoms with E-state index in [2.05, 4.69) is 25.7 Å². The SMILES string of the molecule is CC1CN(CC(O)COC2CCCC2C)CC(C)O1. The molecule has 0 spiro atoms. The van der Waals surface area contributed by atoms with Gasteiger partial charge in [-0.2, -0.15) is 0 Å². The third kappa shape index (κ3) is 4.71. The zero-order valence-electron chi connectivity index (χ0n) is 12.5. The summed E-state index contributed by atoms with van der Waals surface area (Å²) in [6, 6.07) is 0. The van der Waals surface area contributed by atoms with Crippen LogP contribution in [0.5, 0.6) is 0 Å². The Hall–Kier alpha value is -0.160. The van der Waals surface area contributed by atoms with Crippen molar-refractivity contribution in [2.24, 2.45) is 5.92 Å². The van der Waals surface area contributed by atoms with Crippen molar-refractivity contribution in [3.05, 3.63) is 0 Å². The standard InChI is InChI=1S/C15H29NO3/c1-11-5-4-6-15(11)18-10-14(17)9-16-7-12(2)19-13(3)8-16/h11-15,17H,4-10H2,1-3H3. The Morgan fingerprint density at radius 3 is 2.47 bits per heavy atom. The molecule has 1 N–H and O–H groups in total. The van der Waals surface area contributed by atoms with Gasteiger partial charge in [0.05, 0.1) is 31.0 Å². The molecule has 1 heterocycles. The third-order valence-corrected chi connectivity index (χ3v) is 4.25. The number of hydrogen-bond donors (Lipinski definition) is 1. The third-order valence-electron chi connectivity index (χ3n) is 4.25. The number of hydrogen-bond acceptors (Lipinski definition) is 4. The van der Waals surface area contributed by atoms with Gasteiger partial charge in [-0.15, -0.1) is 0 Å². The van der Waals surface area contributed by atoms with Gasteiger partial charge in [0.2, 0.25) is 0 Å². The van der Waals surface area contributed by atoms with Crippen LogP contribution in [0.2, 0.25) is 0 Å². The van der Waals surface area contributed by atoms with Crippen LogP contribution in [-0.4, -0.2) is 60.7 Å². The smallest absolute Gasteiger partial charge is 0.0900 e. The Morgan fingerprint density at radius 2 is 1.89 bits per heavy atom. The van der Waals surface area contributed by atoms with Crippen LogP contribution in [0.1, 0.15) is 40.0 Å². The van der Waals surface area contributed by atoms with Gasteiger partial charge in [0, 0.05) is 19.6 Å². The normalized spacial score (nSPS) is 38.5. The number of morpholine rings is 1. The Bertz CT molecular complexity index is 264. The first-order valence-electron chi connectivity index (χ1n) is 7.72. The highest BCUT2D eigenvalue weighted by molar-refractivity contribution is 4.77. The fourth-order valence-electron chi connectivity index (χ4n) is 3.38. The van der Waals surface area contributed by atoms with Crippen LogP contribution in [0.15, 0.2) is 0 Å². The van der Waals surface area contributed by atoms with Gasteiger partial charge in [-0.3, -0.25) is 4.90 Å². The minimum Gasteiger partial charge on any atom is -0.389 e. The van der Waals surface area contributed by atoms with E-state index in [9.17, 15) is 5.11 Å². The number of ether oxygens (including phenoxy) is 2. The molecule has 0 radical (unpaired) electrons. The van der Waals surface area contributed by atoms with Crippen LogP contribution in [0, 0.1) is 5.92 Å². The summed E-state index contributed by atoms with van der Waals surface area (Å²) in [4.78, 5) is 2.28. The Labute approximate surface area is 117 Å². The molecule has 1 saturated heterocycles. The van der Waals surface area contributed by atoms with Crippen molar-refractivity contribution >= 4 is 0 Å². The second-order valence-electron chi connectivity index (χ2n) is 6.41. The van der Waals surface area contributed by atoms with Gasteiger partial charge in [-0.05, 0) is 32.6 Å². The largest absolute Gasteiger partial charge is 0.389 e. The monoisotopic (exact) mass is 271 g/mol. The van der Waals surface area contributed by atoms with Gasteiger partial charge in [0.15, 0.2) is 0 Å². The van der Waals surface area contributed by atoms with Gasteiger partial charge in [-0.1, -0.05) is 13.3 Å². The van der Waals surface area contributed by atoms with E-state index in [1.54, 1.807) is 0 Å². The number of aliphatic hydroxyl groups excluding tert-OH is 1. The lowest BCUT2D eigenvalue weighted by molar-refractivity contribution is -0.0872. The lowest BCUT2D eigenvalue weighted by Crippen LogP contribution is -2.48. The topological polar surface area (TPSA) is 41.9 Å². The second kappa shape index (κ2) is 7.02. The highest BCUT2D eigenvalue weighted by Gasteiger charge is 2.26. The summed E-state index contributed by atoms with van der Waals surface area (Å²) >= 11 is 0. The quantitative estimate of drug-likeness (QED) is 0.826. The average Bonchev–Trinajstić information content (AvgIpc) is 2.71. The van der Waals surface area contributed by atoms with E-state index < -0.39 is 0 Å². The van der Waals surface area contributed by atoms with Crippen molar-refractivity contribution in [1.29, 1.82) is 0 Å². The van der Waals surface area contributed by atoms with Crippen LogP contribution in [0.3, 0.4) is 0 Å². The first kappa shape index (κ1) is 15.2. The molecule has 0 aromatic carbocycles. The molecule has 2 rings (SSSR count). The summed E-state index contributed by atoms with van der Waals surface area (Å²) in [5, 5.41) is 10.1. The van der Waals surface area contributed by atoms with Crippen LogP contribution >= 0.6 is 0 Å². The highest BCUT2D eigenvalue weighted by atomic mass is 16.5. The molecule has 19 heavy (non-hydrogen) atoms. The van der Waals surface area contributed by atoms with E-state index in [1.165, 1.54) is 12.8 Å². The van der Waals surface area contributed by atoms with E-state index in [1.807, 2.05) is 0 Å². The van der Waals surface area contributed by atoms with Crippen molar-refractivity contribution < 1.29 is 14.6 Å². The van der Waals surface area contributed by atoms with Gasteiger partial charge in [0.25, 0.3) is 0 Å². The van der Waals surface area contributed by atoms with Crippen LogP contribution in [0.25, 0.3) is 0 Å².